The van der Waals surface area contributed by atoms with Crippen molar-refractivity contribution < 1.29 is 0 Å². The zero-order valence-electron chi connectivity index (χ0n) is 13.6. The van der Waals surface area contributed by atoms with Crippen LogP contribution in [0.5, 0.6) is 0 Å². The predicted octanol–water partition coefficient (Wildman–Crippen LogP) is 4.52. The third-order valence-electron chi connectivity index (χ3n) is 2.69. The molecule has 2 rings (SSSR count). The second-order valence-electron chi connectivity index (χ2n) is 5.91. The summed E-state index contributed by atoms with van der Waals surface area (Å²) in [4.78, 5) is 8.76. The van der Waals surface area contributed by atoms with Gasteiger partial charge in [0.15, 0.2) is 5.96 Å². The van der Waals surface area contributed by atoms with Crippen LogP contribution in [0.1, 0.15) is 26.3 Å². The van der Waals surface area contributed by atoms with Crippen molar-refractivity contribution in [1.82, 2.24) is 4.98 Å². The fourth-order valence-electron chi connectivity index (χ4n) is 1.80. The molecule has 0 aliphatic rings. The average molecular weight is 442 g/mol. The SMILES string of the molecule is CC(C)(C)Sc1cc(CN=C(N)Nc2ccccc2)ccn1.I. The third-order valence-corrected chi connectivity index (χ3v) is 3.73. The number of rotatable bonds is 4. The number of nitrogens with zero attached hydrogens (tertiary/aromatic N) is 2. The summed E-state index contributed by atoms with van der Waals surface area (Å²) < 4.78 is 0.142. The number of halogens is 1. The molecule has 0 amide bonds. The monoisotopic (exact) mass is 442 g/mol. The van der Waals surface area contributed by atoms with Crippen LogP contribution in [0.15, 0.2) is 58.7 Å². The number of para-hydroxylation sites is 1. The molecule has 124 valence electrons. The van der Waals surface area contributed by atoms with Gasteiger partial charge in [-0.05, 0) is 29.8 Å². The van der Waals surface area contributed by atoms with Gasteiger partial charge in [-0.3, -0.25) is 0 Å². The molecule has 0 saturated carbocycles. The third kappa shape index (κ3) is 7.69. The number of aromatic nitrogens is 1. The number of hydrogen-bond acceptors (Lipinski definition) is 3. The van der Waals surface area contributed by atoms with Crippen LogP contribution in [0.2, 0.25) is 0 Å². The van der Waals surface area contributed by atoms with E-state index >= 15 is 0 Å². The van der Waals surface area contributed by atoms with Gasteiger partial charge < -0.3 is 11.1 Å². The molecule has 0 aliphatic carbocycles. The van der Waals surface area contributed by atoms with E-state index in [0.29, 0.717) is 12.5 Å². The lowest BCUT2D eigenvalue weighted by atomic mass is 10.3. The van der Waals surface area contributed by atoms with Crippen molar-refractivity contribution in [2.75, 3.05) is 5.32 Å². The van der Waals surface area contributed by atoms with Crippen molar-refractivity contribution in [2.45, 2.75) is 37.1 Å². The zero-order valence-corrected chi connectivity index (χ0v) is 16.8. The Morgan fingerprint density at radius 1 is 1.22 bits per heavy atom. The molecule has 6 heteroatoms. The van der Waals surface area contributed by atoms with Crippen LogP contribution in [-0.2, 0) is 6.54 Å². The minimum atomic E-state index is 0. The molecule has 0 bridgehead atoms. The topological polar surface area (TPSA) is 63.3 Å². The van der Waals surface area contributed by atoms with Crippen LogP contribution in [0, 0.1) is 0 Å². The Morgan fingerprint density at radius 2 is 1.91 bits per heavy atom. The largest absolute Gasteiger partial charge is 0.370 e. The van der Waals surface area contributed by atoms with Crippen LogP contribution in [0.4, 0.5) is 5.69 Å². The molecule has 1 aromatic carbocycles. The molecule has 0 fully saturated rings. The quantitative estimate of drug-likeness (QED) is 0.317. The summed E-state index contributed by atoms with van der Waals surface area (Å²) >= 11 is 1.75. The second-order valence-corrected chi connectivity index (χ2v) is 7.76. The molecule has 0 aliphatic heterocycles. The zero-order chi connectivity index (χ0) is 16.0. The van der Waals surface area contributed by atoms with E-state index in [9.17, 15) is 0 Å². The number of hydrogen-bond donors (Lipinski definition) is 2. The summed E-state index contributed by atoms with van der Waals surface area (Å²) in [6, 6.07) is 13.8. The Hall–Kier alpha value is -1.28. The summed E-state index contributed by atoms with van der Waals surface area (Å²) in [5, 5.41) is 4.08. The predicted molar refractivity (Wildman–Crippen MR) is 111 cm³/mol. The van der Waals surface area contributed by atoms with Gasteiger partial charge in [-0.15, -0.1) is 35.7 Å². The molecule has 1 aromatic heterocycles. The van der Waals surface area contributed by atoms with E-state index in [0.717, 1.165) is 16.3 Å². The molecule has 0 saturated heterocycles. The minimum Gasteiger partial charge on any atom is -0.370 e. The average Bonchev–Trinajstić information content (AvgIpc) is 2.45. The number of guanidine groups is 1. The van der Waals surface area contributed by atoms with Gasteiger partial charge in [-0.25, -0.2) is 9.98 Å². The number of pyridine rings is 1. The standard InChI is InChI=1S/C17H22N4S.HI/c1-17(2,3)22-15-11-13(9-10-19-15)12-20-16(18)21-14-7-5-4-6-8-14;/h4-11H,12H2,1-3H3,(H3,18,20,21);1H. The van der Waals surface area contributed by atoms with E-state index < -0.39 is 0 Å². The lowest BCUT2D eigenvalue weighted by Gasteiger charge is -2.16. The fraction of sp³-hybridized carbons (Fsp3) is 0.294. The summed E-state index contributed by atoms with van der Waals surface area (Å²) in [5.41, 5.74) is 7.94. The highest BCUT2D eigenvalue weighted by molar-refractivity contribution is 14.0. The maximum atomic E-state index is 5.91. The van der Waals surface area contributed by atoms with E-state index in [1.807, 2.05) is 42.6 Å². The van der Waals surface area contributed by atoms with Crippen LogP contribution in [0.3, 0.4) is 0 Å². The summed E-state index contributed by atoms with van der Waals surface area (Å²) in [5.74, 6) is 0.410. The number of benzene rings is 1. The molecular weight excluding hydrogens is 419 g/mol. The molecule has 0 atom stereocenters. The van der Waals surface area contributed by atoms with Gasteiger partial charge in [-0.1, -0.05) is 39.0 Å². The maximum absolute atomic E-state index is 5.91. The first kappa shape index (κ1) is 19.8. The summed E-state index contributed by atoms with van der Waals surface area (Å²) in [6.07, 6.45) is 1.82. The normalized spacial score (nSPS) is 11.7. The van der Waals surface area contributed by atoms with Crippen molar-refractivity contribution in [3.63, 3.8) is 0 Å². The van der Waals surface area contributed by atoms with Gasteiger partial charge in [0.05, 0.1) is 11.6 Å². The van der Waals surface area contributed by atoms with Crippen LogP contribution in [-0.4, -0.2) is 15.7 Å². The maximum Gasteiger partial charge on any atom is 0.193 e. The number of nitrogens with two attached hydrogens (primary N) is 1. The molecule has 0 radical (unpaired) electrons. The van der Waals surface area contributed by atoms with Gasteiger partial charge >= 0.3 is 0 Å². The van der Waals surface area contributed by atoms with Gasteiger partial charge in [0.1, 0.15) is 0 Å². The molecule has 0 spiro atoms. The number of aliphatic imine (C=N–C) groups is 1. The fourth-order valence-corrected chi connectivity index (χ4v) is 2.75. The van der Waals surface area contributed by atoms with Crippen molar-refractivity contribution in [2.24, 2.45) is 10.7 Å². The number of anilines is 1. The van der Waals surface area contributed by atoms with Crippen LogP contribution in [0.25, 0.3) is 0 Å². The van der Waals surface area contributed by atoms with E-state index in [2.05, 4.69) is 42.1 Å². The number of nitrogens with one attached hydrogen (secondary N) is 1. The van der Waals surface area contributed by atoms with E-state index in [4.69, 9.17) is 5.73 Å². The molecule has 2 aromatic rings. The highest BCUT2D eigenvalue weighted by Gasteiger charge is 2.13. The first-order valence-electron chi connectivity index (χ1n) is 7.18. The lowest BCUT2D eigenvalue weighted by molar-refractivity contribution is 0.798. The minimum absolute atomic E-state index is 0. The summed E-state index contributed by atoms with van der Waals surface area (Å²) in [7, 11) is 0. The molecule has 1 heterocycles. The summed E-state index contributed by atoms with van der Waals surface area (Å²) in [6.45, 7) is 7.05. The smallest absolute Gasteiger partial charge is 0.193 e. The highest BCUT2D eigenvalue weighted by atomic mass is 127. The first-order valence-corrected chi connectivity index (χ1v) is 8.00. The number of thioether (sulfide) groups is 1. The Balaban J connectivity index is 0.00000264. The first-order chi connectivity index (χ1) is 10.4. The van der Waals surface area contributed by atoms with E-state index in [1.54, 1.807) is 11.8 Å². The van der Waals surface area contributed by atoms with Crippen molar-refractivity contribution in [3.8, 4) is 0 Å². The van der Waals surface area contributed by atoms with E-state index in [-0.39, 0.29) is 28.7 Å². The molecule has 0 unspecified atom stereocenters. The van der Waals surface area contributed by atoms with Gasteiger partial charge in [0.2, 0.25) is 0 Å². The lowest BCUT2D eigenvalue weighted by Crippen LogP contribution is -2.22. The van der Waals surface area contributed by atoms with Crippen LogP contribution < -0.4 is 11.1 Å². The van der Waals surface area contributed by atoms with Crippen molar-refractivity contribution in [3.05, 3.63) is 54.2 Å². The highest BCUT2D eigenvalue weighted by Crippen LogP contribution is 2.30. The van der Waals surface area contributed by atoms with Gasteiger partial charge in [0, 0.05) is 16.6 Å². The van der Waals surface area contributed by atoms with Crippen molar-refractivity contribution in [1.29, 1.82) is 0 Å². The Labute approximate surface area is 159 Å². The molecule has 4 nitrogen and oxygen atoms in total. The van der Waals surface area contributed by atoms with Crippen LogP contribution >= 0.6 is 35.7 Å². The Kier molecular flexibility index (Phi) is 7.84. The van der Waals surface area contributed by atoms with Gasteiger partial charge in [0.25, 0.3) is 0 Å². The molecular formula is C17H23IN4S. The Morgan fingerprint density at radius 3 is 2.57 bits per heavy atom. The van der Waals surface area contributed by atoms with Crippen molar-refractivity contribution >= 4 is 47.4 Å². The molecule has 23 heavy (non-hydrogen) atoms. The second kappa shape index (κ2) is 9.12. The van der Waals surface area contributed by atoms with Gasteiger partial charge in [-0.2, -0.15) is 0 Å². The van der Waals surface area contributed by atoms with E-state index in [1.165, 1.54) is 0 Å². The molecule has 3 N–H and O–H groups in total. The Bertz CT molecular complexity index is 639.